The van der Waals surface area contributed by atoms with Crippen molar-refractivity contribution in [1.82, 2.24) is 19.9 Å². The van der Waals surface area contributed by atoms with Crippen molar-refractivity contribution in [3.05, 3.63) is 11.6 Å². The Morgan fingerprint density at radius 2 is 2.32 bits per heavy atom. The third-order valence-electron chi connectivity index (χ3n) is 3.82. The predicted octanol–water partition coefficient (Wildman–Crippen LogP) is 3.35. The van der Waals surface area contributed by atoms with E-state index in [1.165, 1.54) is 19.3 Å². The van der Waals surface area contributed by atoms with E-state index < -0.39 is 0 Å². The molecule has 3 rings (SSSR count). The molecule has 0 bridgehead atoms. The summed E-state index contributed by atoms with van der Waals surface area (Å²) in [5.74, 6) is 1.28. The summed E-state index contributed by atoms with van der Waals surface area (Å²) < 4.78 is 6.03. The van der Waals surface area contributed by atoms with Gasteiger partial charge in [-0.1, -0.05) is 19.8 Å². The molecule has 2 aromatic rings. The van der Waals surface area contributed by atoms with Gasteiger partial charge in [0.25, 0.3) is 0 Å². The second-order valence-corrected chi connectivity index (χ2v) is 5.42. The maximum absolute atomic E-state index is 6.03. The number of halogens is 1. The zero-order chi connectivity index (χ0) is 13.2. The van der Waals surface area contributed by atoms with Crippen molar-refractivity contribution in [1.29, 1.82) is 0 Å². The van der Waals surface area contributed by atoms with Crippen LogP contribution in [0, 0.1) is 5.92 Å². The lowest BCUT2D eigenvalue weighted by Crippen LogP contribution is -2.25. The zero-order valence-corrected chi connectivity index (χ0v) is 11.7. The van der Waals surface area contributed by atoms with Crippen molar-refractivity contribution in [2.75, 3.05) is 0 Å². The van der Waals surface area contributed by atoms with Crippen LogP contribution in [0.25, 0.3) is 11.2 Å². The van der Waals surface area contributed by atoms with Gasteiger partial charge in [-0.3, -0.25) is 0 Å². The van der Waals surface area contributed by atoms with Gasteiger partial charge in [0.05, 0.1) is 6.33 Å². The number of H-pyrrole nitrogens is 1. The van der Waals surface area contributed by atoms with Gasteiger partial charge in [0.15, 0.2) is 5.65 Å². The Balaban J connectivity index is 1.82. The molecule has 6 heteroatoms. The highest BCUT2D eigenvalue weighted by Gasteiger charge is 2.23. The fourth-order valence-electron chi connectivity index (χ4n) is 2.74. The molecule has 102 valence electrons. The van der Waals surface area contributed by atoms with Gasteiger partial charge >= 0.3 is 0 Å². The van der Waals surface area contributed by atoms with E-state index in [0.29, 0.717) is 11.5 Å². The average molecular weight is 281 g/mol. The molecule has 2 heterocycles. The lowest BCUT2D eigenvalue weighted by atomic mass is 9.85. The molecule has 1 saturated carbocycles. The smallest absolute Gasteiger partial charge is 0.244 e. The second-order valence-electron chi connectivity index (χ2n) is 5.08. The van der Waals surface area contributed by atoms with Gasteiger partial charge in [-0.25, -0.2) is 4.98 Å². The highest BCUT2D eigenvalue weighted by Crippen LogP contribution is 2.31. The molecule has 0 amide bonds. The van der Waals surface area contributed by atoms with Crippen molar-refractivity contribution in [2.45, 2.75) is 45.1 Å². The molecule has 1 aliphatic carbocycles. The first-order valence-electron chi connectivity index (χ1n) is 6.79. The Labute approximate surface area is 116 Å². The molecule has 2 aromatic heterocycles. The molecule has 0 aliphatic heterocycles. The third-order valence-corrected chi connectivity index (χ3v) is 3.98. The van der Waals surface area contributed by atoms with Gasteiger partial charge < -0.3 is 9.72 Å². The number of nitrogens with one attached hydrogen (secondary N) is 1. The second kappa shape index (κ2) is 5.33. The highest BCUT2D eigenvalue weighted by atomic mass is 35.5. The van der Waals surface area contributed by atoms with Gasteiger partial charge in [0.2, 0.25) is 11.2 Å². The summed E-state index contributed by atoms with van der Waals surface area (Å²) in [6.07, 6.45) is 7.70. The number of rotatable bonds is 3. The molecule has 0 aromatic carbocycles. The fraction of sp³-hybridized carbons (Fsp3) is 0.615. The van der Waals surface area contributed by atoms with Crippen LogP contribution in [0.4, 0.5) is 0 Å². The number of nitrogens with zero attached hydrogens (tertiary/aromatic N) is 3. The third kappa shape index (κ3) is 2.66. The average Bonchev–Trinajstić information content (AvgIpc) is 2.87. The van der Waals surface area contributed by atoms with Gasteiger partial charge in [-0.2, -0.15) is 9.97 Å². The maximum atomic E-state index is 6.03. The van der Waals surface area contributed by atoms with E-state index in [9.17, 15) is 0 Å². The van der Waals surface area contributed by atoms with Crippen molar-refractivity contribution in [2.24, 2.45) is 5.92 Å². The Bertz CT molecular complexity index is 571. The maximum Gasteiger partial charge on any atom is 0.244 e. The quantitative estimate of drug-likeness (QED) is 0.876. The van der Waals surface area contributed by atoms with E-state index in [1.807, 2.05) is 0 Å². The SMILES string of the molecule is CCC1CCCC(Oc2nc(Cl)nc3nc[nH]c23)C1. The normalized spacial score (nSPS) is 23.7. The molecular formula is C13H17ClN4O. The van der Waals surface area contributed by atoms with Crippen molar-refractivity contribution in [3.63, 3.8) is 0 Å². The Hall–Kier alpha value is -1.36. The number of hydrogen-bond acceptors (Lipinski definition) is 4. The minimum Gasteiger partial charge on any atom is -0.473 e. The molecule has 1 N–H and O–H groups in total. The number of hydrogen-bond donors (Lipinski definition) is 1. The molecule has 1 aliphatic rings. The first-order chi connectivity index (χ1) is 9.26. The van der Waals surface area contributed by atoms with Crippen LogP contribution in [0.2, 0.25) is 5.28 Å². The first-order valence-corrected chi connectivity index (χ1v) is 7.17. The van der Waals surface area contributed by atoms with Gasteiger partial charge in [0.1, 0.15) is 11.6 Å². The van der Waals surface area contributed by atoms with E-state index in [0.717, 1.165) is 24.3 Å². The van der Waals surface area contributed by atoms with Gasteiger partial charge in [0, 0.05) is 0 Å². The number of imidazole rings is 1. The zero-order valence-electron chi connectivity index (χ0n) is 10.9. The van der Waals surface area contributed by atoms with Crippen LogP contribution in [-0.2, 0) is 0 Å². The van der Waals surface area contributed by atoms with Crippen molar-refractivity contribution in [3.8, 4) is 5.88 Å². The van der Waals surface area contributed by atoms with E-state index in [-0.39, 0.29) is 11.4 Å². The van der Waals surface area contributed by atoms with E-state index in [1.54, 1.807) is 6.33 Å². The predicted molar refractivity (Wildman–Crippen MR) is 73.4 cm³/mol. The molecule has 1 fully saturated rings. The first kappa shape index (κ1) is 12.7. The summed E-state index contributed by atoms with van der Waals surface area (Å²) >= 11 is 5.90. The molecule has 19 heavy (non-hydrogen) atoms. The largest absolute Gasteiger partial charge is 0.473 e. The number of fused-ring (bicyclic) bond motifs is 1. The van der Waals surface area contributed by atoms with Crippen LogP contribution in [0.3, 0.4) is 0 Å². The summed E-state index contributed by atoms with van der Waals surface area (Å²) in [5.41, 5.74) is 1.28. The summed E-state index contributed by atoms with van der Waals surface area (Å²) in [4.78, 5) is 15.3. The summed E-state index contributed by atoms with van der Waals surface area (Å²) in [6.45, 7) is 2.24. The molecule has 2 unspecified atom stereocenters. The number of aromatic nitrogens is 4. The highest BCUT2D eigenvalue weighted by molar-refractivity contribution is 6.28. The molecule has 2 atom stereocenters. The van der Waals surface area contributed by atoms with E-state index in [2.05, 4.69) is 26.9 Å². The van der Waals surface area contributed by atoms with E-state index in [4.69, 9.17) is 16.3 Å². The molecular weight excluding hydrogens is 264 g/mol. The van der Waals surface area contributed by atoms with Gasteiger partial charge in [-0.05, 0) is 36.8 Å². The Morgan fingerprint density at radius 1 is 1.42 bits per heavy atom. The van der Waals surface area contributed by atoms with Crippen LogP contribution in [0.15, 0.2) is 6.33 Å². The van der Waals surface area contributed by atoms with Gasteiger partial charge in [-0.15, -0.1) is 0 Å². The number of aromatic amines is 1. The van der Waals surface area contributed by atoms with Crippen molar-refractivity contribution >= 4 is 22.8 Å². The lowest BCUT2D eigenvalue weighted by Gasteiger charge is -2.28. The fourth-order valence-corrected chi connectivity index (χ4v) is 2.90. The minimum absolute atomic E-state index is 0.178. The molecule has 0 spiro atoms. The minimum atomic E-state index is 0.178. The molecule has 5 nitrogen and oxygen atoms in total. The summed E-state index contributed by atoms with van der Waals surface area (Å²) in [5, 5.41) is 0.178. The number of ether oxygens (including phenoxy) is 1. The van der Waals surface area contributed by atoms with E-state index >= 15 is 0 Å². The molecule has 0 radical (unpaired) electrons. The van der Waals surface area contributed by atoms with Crippen molar-refractivity contribution < 1.29 is 4.74 Å². The standard InChI is InChI=1S/C13H17ClN4O/c1-2-8-4-3-5-9(6-8)19-12-10-11(16-7-15-10)17-13(14)18-12/h7-9H,2-6H2,1H3,(H,15,16,17,18). The van der Waals surface area contributed by atoms with Crippen LogP contribution < -0.4 is 4.74 Å². The Morgan fingerprint density at radius 3 is 3.16 bits per heavy atom. The topological polar surface area (TPSA) is 63.7 Å². The van der Waals surface area contributed by atoms with Crippen LogP contribution in [0.5, 0.6) is 5.88 Å². The lowest BCUT2D eigenvalue weighted by molar-refractivity contribution is 0.118. The monoisotopic (exact) mass is 280 g/mol. The molecule has 0 saturated heterocycles. The van der Waals surface area contributed by atoms with Crippen LogP contribution in [-0.4, -0.2) is 26.0 Å². The Kier molecular flexibility index (Phi) is 3.55. The van der Waals surface area contributed by atoms with Crippen LogP contribution in [0.1, 0.15) is 39.0 Å². The summed E-state index contributed by atoms with van der Waals surface area (Å²) in [6, 6.07) is 0. The summed E-state index contributed by atoms with van der Waals surface area (Å²) in [7, 11) is 0. The van der Waals surface area contributed by atoms with Crippen LogP contribution >= 0.6 is 11.6 Å².